The molecular formula is C47H28N2O. The van der Waals surface area contributed by atoms with Crippen LogP contribution in [0.5, 0.6) is 0 Å². The number of fused-ring (bicyclic) bond motifs is 13. The van der Waals surface area contributed by atoms with Gasteiger partial charge in [-0.1, -0.05) is 140 Å². The summed E-state index contributed by atoms with van der Waals surface area (Å²) < 4.78 is 6.28. The highest BCUT2D eigenvalue weighted by atomic mass is 16.3. The van der Waals surface area contributed by atoms with Crippen LogP contribution in [-0.2, 0) is 5.41 Å². The van der Waals surface area contributed by atoms with Gasteiger partial charge in [0, 0.05) is 27.5 Å². The van der Waals surface area contributed by atoms with E-state index in [1.165, 1.54) is 44.5 Å². The molecular weight excluding hydrogens is 609 g/mol. The van der Waals surface area contributed by atoms with Gasteiger partial charge in [0.05, 0.1) is 16.8 Å². The van der Waals surface area contributed by atoms with Crippen LogP contribution in [0.25, 0.3) is 78.1 Å². The molecule has 0 N–H and O–H groups in total. The van der Waals surface area contributed by atoms with Crippen LogP contribution in [0.2, 0.25) is 0 Å². The average molecular weight is 637 g/mol. The molecule has 232 valence electrons. The van der Waals surface area contributed by atoms with Crippen molar-refractivity contribution in [1.29, 1.82) is 0 Å². The highest BCUT2D eigenvalue weighted by molar-refractivity contribution is 6.06. The fourth-order valence-corrected chi connectivity index (χ4v) is 8.60. The van der Waals surface area contributed by atoms with Crippen LogP contribution in [0.4, 0.5) is 0 Å². The van der Waals surface area contributed by atoms with Crippen molar-refractivity contribution in [3.63, 3.8) is 0 Å². The number of hydrogen-bond acceptors (Lipinski definition) is 3. The molecule has 7 aromatic carbocycles. The molecule has 0 amide bonds. The fourth-order valence-electron chi connectivity index (χ4n) is 8.60. The van der Waals surface area contributed by atoms with Crippen LogP contribution in [0.15, 0.2) is 174 Å². The summed E-state index contributed by atoms with van der Waals surface area (Å²) in [6.45, 7) is 0. The molecule has 0 saturated heterocycles. The monoisotopic (exact) mass is 636 g/mol. The zero-order valence-corrected chi connectivity index (χ0v) is 27.0. The molecule has 2 aliphatic rings. The highest BCUT2D eigenvalue weighted by Crippen LogP contribution is 2.62. The lowest BCUT2D eigenvalue weighted by Gasteiger charge is -2.30. The van der Waals surface area contributed by atoms with Crippen LogP contribution < -0.4 is 0 Å². The SMILES string of the molecule is c1ccc(-c2nc(-c3ccc4c(c3)-c3ccccc3C43c4ccccc4-c4ccccc43)cc(-c3ccc4c(c3)oc3ccccc34)n2)cc1. The maximum atomic E-state index is 6.28. The molecule has 1 spiro atoms. The van der Waals surface area contributed by atoms with Crippen molar-refractivity contribution in [3.05, 3.63) is 192 Å². The van der Waals surface area contributed by atoms with Crippen LogP contribution in [0.1, 0.15) is 22.3 Å². The summed E-state index contributed by atoms with van der Waals surface area (Å²) in [6.07, 6.45) is 0. The number of nitrogens with zero attached hydrogens (tertiary/aromatic N) is 2. The van der Waals surface area contributed by atoms with E-state index in [1.807, 2.05) is 30.3 Å². The number of benzene rings is 7. The molecule has 0 fully saturated rings. The number of hydrogen-bond donors (Lipinski definition) is 0. The Bertz CT molecular complexity index is 2780. The van der Waals surface area contributed by atoms with E-state index in [1.54, 1.807) is 0 Å². The molecule has 2 aromatic heterocycles. The highest BCUT2D eigenvalue weighted by Gasteiger charge is 2.51. The van der Waals surface area contributed by atoms with Gasteiger partial charge in [0.15, 0.2) is 5.82 Å². The Kier molecular flexibility index (Phi) is 5.59. The summed E-state index contributed by atoms with van der Waals surface area (Å²) in [4.78, 5) is 10.3. The van der Waals surface area contributed by atoms with Crippen LogP contribution >= 0.6 is 0 Å². The van der Waals surface area contributed by atoms with Gasteiger partial charge in [-0.3, -0.25) is 0 Å². The minimum atomic E-state index is -0.369. The van der Waals surface area contributed by atoms with Crippen molar-refractivity contribution in [2.45, 2.75) is 5.41 Å². The molecule has 0 atom stereocenters. The summed E-state index contributed by atoms with van der Waals surface area (Å²) in [5, 5.41) is 2.22. The Labute approximate surface area is 289 Å². The summed E-state index contributed by atoms with van der Waals surface area (Å²) in [7, 11) is 0. The molecule has 0 unspecified atom stereocenters. The molecule has 2 heterocycles. The van der Waals surface area contributed by atoms with Crippen molar-refractivity contribution in [1.82, 2.24) is 9.97 Å². The van der Waals surface area contributed by atoms with Crippen LogP contribution in [-0.4, -0.2) is 9.97 Å². The molecule has 50 heavy (non-hydrogen) atoms. The average Bonchev–Trinajstić information content (AvgIpc) is 3.81. The van der Waals surface area contributed by atoms with E-state index in [2.05, 4.69) is 140 Å². The molecule has 0 radical (unpaired) electrons. The second kappa shape index (κ2) is 10.2. The lowest BCUT2D eigenvalue weighted by molar-refractivity contribution is 0.669. The van der Waals surface area contributed by atoms with Gasteiger partial charge < -0.3 is 4.42 Å². The Balaban J connectivity index is 1.13. The van der Waals surface area contributed by atoms with Crippen molar-refractivity contribution >= 4 is 21.9 Å². The summed E-state index contributed by atoms with van der Waals surface area (Å²) in [6, 6.07) is 60.6. The molecule has 0 saturated carbocycles. The van der Waals surface area contributed by atoms with Gasteiger partial charge >= 0.3 is 0 Å². The quantitative estimate of drug-likeness (QED) is 0.194. The molecule has 2 aliphatic carbocycles. The third kappa shape index (κ3) is 3.69. The van der Waals surface area contributed by atoms with Crippen molar-refractivity contribution in [2.24, 2.45) is 0 Å². The summed E-state index contributed by atoms with van der Waals surface area (Å²) >= 11 is 0. The maximum Gasteiger partial charge on any atom is 0.160 e. The molecule has 3 heteroatoms. The molecule has 11 rings (SSSR count). The first-order valence-corrected chi connectivity index (χ1v) is 17.1. The van der Waals surface area contributed by atoms with Gasteiger partial charge in [0.2, 0.25) is 0 Å². The fraction of sp³-hybridized carbons (Fsp3) is 0.0213. The number of furan rings is 1. The van der Waals surface area contributed by atoms with Gasteiger partial charge in [0.1, 0.15) is 11.2 Å². The summed E-state index contributed by atoms with van der Waals surface area (Å²) in [5.41, 5.74) is 16.6. The Morgan fingerprint density at radius 2 is 0.880 bits per heavy atom. The van der Waals surface area contributed by atoms with E-state index in [0.717, 1.165) is 50.0 Å². The predicted octanol–water partition coefficient (Wildman–Crippen LogP) is 11.7. The van der Waals surface area contributed by atoms with Gasteiger partial charge in [-0.15, -0.1) is 0 Å². The first-order valence-electron chi connectivity index (χ1n) is 17.1. The van der Waals surface area contributed by atoms with Crippen molar-refractivity contribution in [3.8, 4) is 56.2 Å². The zero-order valence-electron chi connectivity index (χ0n) is 27.0. The third-order valence-corrected chi connectivity index (χ3v) is 10.7. The smallest absolute Gasteiger partial charge is 0.160 e. The number of rotatable bonds is 3. The third-order valence-electron chi connectivity index (χ3n) is 10.7. The lowest BCUT2D eigenvalue weighted by Crippen LogP contribution is -2.25. The zero-order chi connectivity index (χ0) is 32.8. The second-order valence-corrected chi connectivity index (χ2v) is 13.3. The first-order chi connectivity index (χ1) is 24.8. The van der Waals surface area contributed by atoms with Crippen molar-refractivity contribution in [2.75, 3.05) is 0 Å². The predicted molar refractivity (Wildman–Crippen MR) is 202 cm³/mol. The van der Waals surface area contributed by atoms with Gasteiger partial charge in [-0.2, -0.15) is 0 Å². The number of para-hydroxylation sites is 1. The maximum absolute atomic E-state index is 6.28. The lowest BCUT2D eigenvalue weighted by atomic mass is 9.70. The van der Waals surface area contributed by atoms with Gasteiger partial charge in [-0.05, 0) is 74.8 Å². The number of aromatic nitrogens is 2. The van der Waals surface area contributed by atoms with E-state index in [-0.39, 0.29) is 5.41 Å². The minimum Gasteiger partial charge on any atom is -0.456 e. The Morgan fingerprint density at radius 3 is 1.58 bits per heavy atom. The van der Waals surface area contributed by atoms with Crippen LogP contribution in [0.3, 0.4) is 0 Å². The molecule has 0 bridgehead atoms. The van der Waals surface area contributed by atoms with Gasteiger partial charge in [0.25, 0.3) is 0 Å². The topological polar surface area (TPSA) is 38.9 Å². The Hall–Kier alpha value is -6.58. The molecule has 9 aromatic rings. The molecule has 0 aliphatic heterocycles. The standard InChI is InChI=1S/C47H28N2O/c1-2-12-29(13-3-1)46-48-42(28-43(49-46)31-22-24-36-35-17-7-11-21-44(35)50-45(36)27-31)30-23-25-41-37(26-30)34-16-6-10-20-40(34)47(41)38-18-8-4-14-32(38)33-15-5-9-19-39(33)47/h1-28H. The largest absolute Gasteiger partial charge is 0.456 e. The molecule has 3 nitrogen and oxygen atoms in total. The van der Waals surface area contributed by atoms with Crippen LogP contribution in [0, 0.1) is 0 Å². The normalized spacial score (nSPS) is 13.4. The van der Waals surface area contributed by atoms with Crippen molar-refractivity contribution < 1.29 is 4.42 Å². The summed E-state index contributed by atoms with van der Waals surface area (Å²) in [5.74, 6) is 0.693. The first kappa shape index (κ1) is 27.4. The minimum absolute atomic E-state index is 0.369. The van der Waals surface area contributed by atoms with E-state index in [4.69, 9.17) is 14.4 Å². The van der Waals surface area contributed by atoms with E-state index in [9.17, 15) is 0 Å². The Morgan fingerprint density at radius 1 is 0.360 bits per heavy atom. The van der Waals surface area contributed by atoms with E-state index >= 15 is 0 Å². The van der Waals surface area contributed by atoms with E-state index in [0.29, 0.717) is 5.82 Å². The van der Waals surface area contributed by atoms with E-state index < -0.39 is 0 Å². The second-order valence-electron chi connectivity index (χ2n) is 13.3. The van der Waals surface area contributed by atoms with Gasteiger partial charge in [-0.25, -0.2) is 9.97 Å².